The molecule has 2 aliphatic carbocycles. The second-order valence-electron chi connectivity index (χ2n) is 8.62. The van der Waals surface area contributed by atoms with Gasteiger partial charge in [-0.15, -0.1) is 0 Å². The highest BCUT2D eigenvalue weighted by Crippen LogP contribution is 2.49. The number of allylic oxidation sites excluding steroid dienone is 3. The van der Waals surface area contributed by atoms with Gasteiger partial charge in [-0.25, -0.2) is 0 Å². The number of nitrogens with zero attached hydrogens (tertiary/aromatic N) is 2. The highest BCUT2D eigenvalue weighted by molar-refractivity contribution is 5.92. The number of hydrogen-bond acceptors (Lipinski definition) is 3. The predicted molar refractivity (Wildman–Crippen MR) is 130 cm³/mol. The van der Waals surface area contributed by atoms with Gasteiger partial charge in [0.2, 0.25) is 0 Å². The molecule has 3 nitrogen and oxygen atoms in total. The molecule has 2 saturated carbocycles. The standard InChI is InChI=1S/C27H31N3/c1-5-30-18(2)16-23(19-10-11-19)24-17-21(14-15-26(24)30)29(4)27(20-12-13-20)22-8-6-7-9-25(22)28-3/h6-9,14-17,19,28H,2,5,10-13H2,1,3-4H3. The molecular weight excluding hydrogens is 366 g/mol. The maximum absolute atomic E-state index is 4.33. The van der Waals surface area contributed by atoms with Crippen LogP contribution in [0.25, 0.3) is 11.3 Å². The molecule has 2 aromatic carbocycles. The fourth-order valence-corrected chi connectivity index (χ4v) is 4.74. The van der Waals surface area contributed by atoms with Crippen LogP contribution in [-0.2, 0) is 0 Å². The molecule has 3 aliphatic rings. The van der Waals surface area contributed by atoms with Crippen molar-refractivity contribution < 1.29 is 0 Å². The first-order valence-electron chi connectivity index (χ1n) is 11.2. The van der Waals surface area contributed by atoms with Gasteiger partial charge >= 0.3 is 0 Å². The van der Waals surface area contributed by atoms with Crippen LogP contribution in [0.1, 0.15) is 43.7 Å². The van der Waals surface area contributed by atoms with Crippen molar-refractivity contribution in [3.8, 4) is 0 Å². The van der Waals surface area contributed by atoms with E-state index in [2.05, 4.69) is 84.2 Å². The Morgan fingerprint density at radius 3 is 2.60 bits per heavy atom. The number of benzene rings is 2. The van der Waals surface area contributed by atoms with E-state index >= 15 is 0 Å². The Morgan fingerprint density at radius 1 is 1.17 bits per heavy atom. The second kappa shape index (κ2) is 7.39. The number of fused-ring (bicyclic) bond motifs is 1. The molecule has 1 N–H and O–H groups in total. The van der Waals surface area contributed by atoms with Gasteiger partial charge in [-0.2, -0.15) is 0 Å². The first-order chi connectivity index (χ1) is 14.6. The Bertz CT molecular complexity index is 1070. The Labute approximate surface area is 180 Å². The van der Waals surface area contributed by atoms with Crippen LogP contribution < -0.4 is 15.1 Å². The van der Waals surface area contributed by atoms with Crippen LogP contribution in [0.2, 0.25) is 0 Å². The minimum Gasteiger partial charge on any atom is -0.388 e. The van der Waals surface area contributed by atoms with E-state index in [1.807, 2.05) is 7.05 Å². The van der Waals surface area contributed by atoms with Gasteiger partial charge in [-0.3, -0.25) is 0 Å². The lowest BCUT2D eigenvalue weighted by molar-refractivity contribution is 0.960. The molecule has 0 amide bonds. The van der Waals surface area contributed by atoms with Crippen LogP contribution in [0.3, 0.4) is 0 Å². The lowest BCUT2D eigenvalue weighted by Gasteiger charge is -2.33. The van der Waals surface area contributed by atoms with Gasteiger partial charge in [0.05, 0.1) is 0 Å². The normalized spacial score (nSPS) is 17.4. The van der Waals surface area contributed by atoms with Gasteiger partial charge < -0.3 is 15.1 Å². The molecule has 1 heterocycles. The molecule has 30 heavy (non-hydrogen) atoms. The highest BCUT2D eigenvalue weighted by Gasteiger charge is 2.33. The first-order valence-corrected chi connectivity index (χ1v) is 11.2. The molecule has 0 atom stereocenters. The van der Waals surface area contributed by atoms with Crippen LogP contribution in [0.15, 0.2) is 66.4 Å². The van der Waals surface area contributed by atoms with Crippen molar-refractivity contribution in [3.63, 3.8) is 0 Å². The van der Waals surface area contributed by atoms with Crippen LogP contribution in [0.5, 0.6) is 0 Å². The van der Waals surface area contributed by atoms with E-state index in [4.69, 9.17) is 0 Å². The molecule has 154 valence electrons. The van der Waals surface area contributed by atoms with E-state index in [0.717, 1.165) is 12.2 Å². The molecule has 0 spiro atoms. The third kappa shape index (κ3) is 3.23. The Kier molecular flexibility index (Phi) is 4.69. The maximum atomic E-state index is 4.33. The summed E-state index contributed by atoms with van der Waals surface area (Å²) in [5.41, 5.74) is 11.9. The Balaban J connectivity index is 1.59. The molecule has 0 unspecified atom stereocenters. The largest absolute Gasteiger partial charge is 0.388 e. The molecular formula is C27H31N3. The molecule has 5 rings (SSSR count). The average Bonchev–Trinajstić information content (AvgIpc) is 3.67. The van der Waals surface area contributed by atoms with Crippen molar-refractivity contribution >= 4 is 28.3 Å². The zero-order valence-corrected chi connectivity index (χ0v) is 18.3. The van der Waals surface area contributed by atoms with E-state index in [9.17, 15) is 0 Å². The van der Waals surface area contributed by atoms with E-state index in [-0.39, 0.29) is 0 Å². The third-order valence-corrected chi connectivity index (χ3v) is 6.59. The summed E-state index contributed by atoms with van der Waals surface area (Å²) in [6.07, 6.45) is 7.31. The van der Waals surface area contributed by atoms with Crippen LogP contribution in [-0.4, -0.2) is 20.6 Å². The van der Waals surface area contributed by atoms with Crippen LogP contribution in [0.4, 0.5) is 17.1 Å². The number of likely N-dealkylation sites (N-methyl/N-ethyl adjacent to an activating group) is 1. The van der Waals surface area contributed by atoms with E-state index in [1.165, 1.54) is 65.1 Å². The lowest BCUT2D eigenvalue weighted by Crippen LogP contribution is -2.25. The predicted octanol–water partition coefficient (Wildman–Crippen LogP) is 6.52. The summed E-state index contributed by atoms with van der Waals surface area (Å²) in [6.45, 7) is 7.47. The zero-order valence-electron chi connectivity index (χ0n) is 18.3. The maximum Gasteiger partial charge on any atom is 0.0494 e. The minimum atomic E-state index is 0.700. The van der Waals surface area contributed by atoms with Crippen molar-refractivity contribution in [2.75, 3.05) is 35.8 Å². The SMILES string of the molecule is C=C1C=C(C2CC2)c2cc(N(C)C(=C3CC3)c3ccccc3NC)ccc2N1CC. The van der Waals surface area contributed by atoms with Gasteiger partial charge in [0.25, 0.3) is 0 Å². The molecule has 2 fully saturated rings. The van der Waals surface area contributed by atoms with E-state index in [0.29, 0.717) is 5.92 Å². The molecule has 1 aliphatic heterocycles. The quantitative estimate of drug-likeness (QED) is 0.599. The number of nitrogens with one attached hydrogen (secondary N) is 1. The summed E-state index contributed by atoms with van der Waals surface area (Å²) in [4.78, 5) is 4.73. The third-order valence-electron chi connectivity index (χ3n) is 6.59. The Hall–Kier alpha value is -2.94. The lowest BCUT2D eigenvalue weighted by atomic mass is 9.93. The molecule has 2 aromatic rings. The van der Waals surface area contributed by atoms with Crippen molar-refractivity contribution in [3.05, 3.63) is 77.5 Å². The number of para-hydroxylation sites is 1. The van der Waals surface area contributed by atoms with Crippen molar-refractivity contribution in [1.29, 1.82) is 0 Å². The fourth-order valence-electron chi connectivity index (χ4n) is 4.74. The summed E-state index contributed by atoms with van der Waals surface area (Å²) in [6, 6.07) is 15.6. The number of anilines is 3. The topological polar surface area (TPSA) is 18.5 Å². The number of hydrogen-bond donors (Lipinski definition) is 1. The molecule has 0 saturated heterocycles. The van der Waals surface area contributed by atoms with E-state index in [1.54, 1.807) is 5.57 Å². The molecule has 0 aromatic heterocycles. The summed E-state index contributed by atoms with van der Waals surface area (Å²) < 4.78 is 0. The van der Waals surface area contributed by atoms with Crippen molar-refractivity contribution in [2.45, 2.75) is 32.6 Å². The summed E-state index contributed by atoms with van der Waals surface area (Å²) in [7, 11) is 4.22. The summed E-state index contributed by atoms with van der Waals surface area (Å²) >= 11 is 0. The average molecular weight is 398 g/mol. The van der Waals surface area contributed by atoms with Gasteiger partial charge in [0.1, 0.15) is 0 Å². The van der Waals surface area contributed by atoms with Crippen LogP contribution >= 0.6 is 0 Å². The first kappa shape index (κ1) is 19.0. The molecule has 3 heteroatoms. The highest BCUT2D eigenvalue weighted by atomic mass is 15.1. The van der Waals surface area contributed by atoms with Gasteiger partial charge in [0.15, 0.2) is 0 Å². The monoisotopic (exact) mass is 397 g/mol. The smallest absolute Gasteiger partial charge is 0.0494 e. The minimum absolute atomic E-state index is 0.700. The second-order valence-corrected chi connectivity index (χ2v) is 8.62. The van der Waals surface area contributed by atoms with Gasteiger partial charge in [0, 0.05) is 60.2 Å². The van der Waals surface area contributed by atoms with E-state index < -0.39 is 0 Å². The number of rotatable bonds is 6. The zero-order chi connectivity index (χ0) is 20.8. The fraction of sp³-hybridized carbons (Fsp3) is 0.333. The van der Waals surface area contributed by atoms with Crippen LogP contribution in [0, 0.1) is 5.92 Å². The van der Waals surface area contributed by atoms with Crippen molar-refractivity contribution in [2.24, 2.45) is 5.92 Å². The van der Waals surface area contributed by atoms with Gasteiger partial charge in [-0.1, -0.05) is 24.8 Å². The molecule has 0 radical (unpaired) electrons. The van der Waals surface area contributed by atoms with Gasteiger partial charge in [-0.05, 0) is 80.0 Å². The van der Waals surface area contributed by atoms with Crippen molar-refractivity contribution in [1.82, 2.24) is 0 Å². The summed E-state index contributed by atoms with van der Waals surface area (Å²) in [5.74, 6) is 0.700. The Morgan fingerprint density at radius 2 is 1.93 bits per heavy atom. The molecule has 0 bridgehead atoms. The summed E-state index contributed by atoms with van der Waals surface area (Å²) in [5, 5.41) is 3.38.